The summed E-state index contributed by atoms with van der Waals surface area (Å²) in [6.07, 6.45) is 1.87. The molecule has 2 aromatic heterocycles. The molecule has 4 heterocycles. The lowest BCUT2D eigenvalue weighted by molar-refractivity contribution is -0.155. The maximum absolute atomic E-state index is 12.8. The number of rotatable bonds is 9. The van der Waals surface area contributed by atoms with Crippen LogP contribution in [0.1, 0.15) is 32.8 Å². The van der Waals surface area contributed by atoms with Crippen LogP contribution in [-0.4, -0.2) is 85.7 Å². The van der Waals surface area contributed by atoms with Gasteiger partial charge >= 0.3 is 18.2 Å². The van der Waals surface area contributed by atoms with Crippen molar-refractivity contribution in [3.63, 3.8) is 0 Å². The number of benzene rings is 1. The van der Waals surface area contributed by atoms with E-state index >= 15 is 0 Å². The standard InChI is InChI=1S/C27H30N8O7/c1-4-15(2)24(28)25(37)40-14-41-26(38)33(16(3)36)12-22-21-10-19-9-17(5-7-20(19)35(21)27(39)42-22)18-6-8-23(29-11-18)34-13-30-31-32-34/h5-9,11,13,15,21-22,24H,4,10,12,14,28H2,1-3H3/t15?,21-,22-,24?/m0/s1. The van der Waals surface area contributed by atoms with Crippen molar-refractivity contribution in [1.82, 2.24) is 30.1 Å². The highest BCUT2D eigenvalue weighted by atomic mass is 16.7. The van der Waals surface area contributed by atoms with Crippen LogP contribution in [0.2, 0.25) is 0 Å². The van der Waals surface area contributed by atoms with Gasteiger partial charge in [-0.3, -0.25) is 14.5 Å². The highest BCUT2D eigenvalue weighted by molar-refractivity contribution is 5.95. The molecule has 2 N–H and O–H groups in total. The molecular formula is C27H30N8O7. The first kappa shape index (κ1) is 28.6. The Morgan fingerprint density at radius 3 is 2.64 bits per heavy atom. The zero-order valence-electron chi connectivity index (χ0n) is 23.2. The summed E-state index contributed by atoms with van der Waals surface area (Å²) >= 11 is 0. The van der Waals surface area contributed by atoms with E-state index in [4.69, 9.17) is 19.9 Å². The number of tetrazole rings is 1. The third-order valence-corrected chi connectivity index (χ3v) is 7.52. The van der Waals surface area contributed by atoms with Gasteiger partial charge in [0.1, 0.15) is 18.5 Å². The van der Waals surface area contributed by atoms with Crippen LogP contribution in [0.3, 0.4) is 0 Å². The van der Waals surface area contributed by atoms with Gasteiger partial charge < -0.3 is 19.9 Å². The Morgan fingerprint density at radius 1 is 1.19 bits per heavy atom. The first-order valence-corrected chi connectivity index (χ1v) is 13.4. The molecule has 220 valence electrons. The van der Waals surface area contributed by atoms with Crippen LogP contribution < -0.4 is 10.6 Å². The Morgan fingerprint density at radius 2 is 1.98 bits per heavy atom. The number of hydrogen-bond acceptors (Lipinski definition) is 12. The molecule has 15 heteroatoms. The van der Waals surface area contributed by atoms with E-state index < -0.39 is 49.0 Å². The number of imide groups is 1. The fourth-order valence-electron chi connectivity index (χ4n) is 4.88. The summed E-state index contributed by atoms with van der Waals surface area (Å²) in [5, 5.41) is 11.0. The molecule has 3 amide bonds. The lowest BCUT2D eigenvalue weighted by Gasteiger charge is -2.24. The van der Waals surface area contributed by atoms with E-state index in [0.717, 1.165) is 21.6 Å². The van der Waals surface area contributed by atoms with E-state index in [1.807, 2.05) is 31.2 Å². The first-order valence-electron chi connectivity index (χ1n) is 13.4. The van der Waals surface area contributed by atoms with Crippen molar-refractivity contribution < 1.29 is 33.4 Å². The number of amides is 3. The Kier molecular flexibility index (Phi) is 8.10. The number of nitrogens with two attached hydrogens (primary N) is 1. The molecule has 2 unspecified atom stereocenters. The molecule has 1 fully saturated rings. The predicted octanol–water partition coefficient (Wildman–Crippen LogP) is 1.83. The Bertz CT molecular complexity index is 1480. The number of anilines is 1. The van der Waals surface area contributed by atoms with E-state index in [1.54, 1.807) is 19.2 Å². The number of carbonyl (C=O) groups is 4. The first-order chi connectivity index (χ1) is 20.2. The zero-order valence-corrected chi connectivity index (χ0v) is 23.2. The van der Waals surface area contributed by atoms with Crippen LogP contribution >= 0.6 is 0 Å². The quantitative estimate of drug-likeness (QED) is 0.287. The van der Waals surface area contributed by atoms with Crippen LogP contribution in [0.15, 0.2) is 42.9 Å². The molecule has 0 spiro atoms. The van der Waals surface area contributed by atoms with Gasteiger partial charge in [-0.25, -0.2) is 19.5 Å². The Balaban J connectivity index is 1.23. The van der Waals surface area contributed by atoms with Crippen LogP contribution in [0.5, 0.6) is 0 Å². The van der Waals surface area contributed by atoms with E-state index in [2.05, 4.69) is 20.5 Å². The van der Waals surface area contributed by atoms with Crippen LogP contribution in [0.4, 0.5) is 15.3 Å². The highest BCUT2D eigenvalue weighted by Gasteiger charge is 2.48. The molecule has 0 bridgehead atoms. The summed E-state index contributed by atoms with van der Waals surface area (Å²) in [6.45, 7) is 3.94. The number of pyridine rings is 1. The fourth-order valence-corrected chi connectivity index (χ4v) is 4.88. The molecule has 4 atom stereocenters. The second-order valence-electron chi connectivity index (χ2n) is 10.1. The van der Waals surface area contributed by atoms with Gasteiger partial charge in [0.2, 0.25) is 12.7 Å². The Hall–Kier alpha value is -4.92. The van der Waals surface area contributed by atoms with Gasteiger partial charge in [0.25, 0.3) is 0 Å². The van der Waals surface area contributed by atoms with Gasteiger partial charge in [-0.15, -0.1) is 5.10 Å². The van der Waals surface area contributed by atoms with Gasteiger partial charge in [0.05, 0.1) is 18.3 Å². The minimum atomic E-state index is -1.03. The van der Waals surface area contributed by atoms with Gasteiger partial charge in [-0.1, -0.05) is 26.3 Å². The van der Waals surface area contributed by atoms with Gasteiger partial charge in [-0.2, -0.15) is 4.68 Å². The van der Waals surface area contributed by atoms with Gasteiger partial charge in [0, 0.05) is 18.7 Å². The molecule has 5 rings (SSSR count). The Labute approximate surface area is 240 Å². The molecule has 1 saturated heterocycles. The van der Waals surface area contributed by atoms with Crippen LogP contribution in [0.25, 0.3) is 16.9 Å². The molecule has 0 radical (unpaired) electrons. The number of cyclic esters (lactones) is 1. The summed E-state index contributed by atoms with van der Waals surface area (Å²) in [7, 11) is 0. The summed E-state index contributed by atoms with van der Waals surface area (Å²) in [5.41, 5.74) is 9.18. The van der Waals surface area contributed by atoms with Crippen molar-refractivity contribution in [2.45, 2.75) is 51.8 Å². The highest BCUT2D eigenvalue weighted by Crippen LogP contribution is 2.40. The van der Waals surface area contributed by atoms with Crippen LogP contribution in [0, 0.1) is 5.92 Å². The number of esters is 1. The number of nitrogens with zero attached hydrogens (tertiary/aromatic N) is 7. The second-order valence-corrected chi connectivity index (χ2v) is 10.1. The molecule has 1 aromatic carbocycles. The molecule has 3 aromatic rings. The van der Waals surface area contributed by atoms with Crippen molar-refractivity contribution in [2.24, 2.45) is 11.7 Å². The normalized spacial score (nSPS) is 18.5. The number of fused-ring (bicyclic) bond motifs is 3. The van der Waals surface area contributed by atoms with Crippen molar-refractivity contribution in [1.29, 1.82) is 0 Å². The summed E-state index contributed by atoms with van der Waals surface area (Å²) in [4.78, 5) is 56.7. The maximum Gasteiger partial charge on any atom is 0.419 e. The molecule has 2 aliphatic heterocycles. The molecule has 15 nitrogen and oxygen atoms in total. The van der Waals surface area contributed by atoms with Crippen molar-refractivity contribution in [2.75, 3.05) is 18.2 Å². The van der Waals surface area contributed by atoms with Gasteiger partial charge in [0.15, 0.2) is 5.82 Å². The lowest BCUT2D eigenvalue weighted by Crippen LogP contribution is -2.46. The summed E-state index contributed by atoms with van der Waals surface area (Å²) < 4.78 is 16.9. The topological polar surface area (TPSA) is 185 Å². The fraction of sp³-hybridized carbons (Fsp3) is 0.407. The average Bonchev–Trinajstić information content (AvgIpc) is 3.72. The van der Waals surface area contributed by atoms with Crippen molar-refractivity contribution in [3.05, 3.63) is 48.4 Å². The third-order valence-electron chi connectivity index (χ3n) is 7.52. The number of hydrogen-bond donors (Lipinski definition) is 1. The lowest BCUT2D eigenvalue weighted by atomic mass is 10.0. The second kappa shape index (κ2) is 11.9. The van der Waals surface area contributed by atoms with Crippen LogP contribution in [-0.2, 0) is 30.2 Å². The largest absolute Gasteiger partial charge is 0.442 e. The zero-order chi connectivity index (χ0) is 30.0. The smallest absolute Gasteiger partial charge is 0.419 e. The van der Waals surface area contributed by atoms with E-state index in [1.165, 1.54) is 22.8 Å². The molecule has 42 heavy (non-hydrogen) atoms. The van der Waals surface area contributed by atoms with E-state index in [9.17, 15) is 19.2 Å². The average molecular weight is 579 g/mol. The van der Waals surface area contributed by atoms with E-state index in [0.29, 0.717) is 24.3 Å². The number of ether oxygens (including phenoxy) is 3. The predicted molar refractivity (Wildman–Crippen MR) is 145 cm³/mol. The molecular weight excluding hydrogens is 548 g/mol. The summed E-state index contributed by atoms with van der Waals surface area (Å²) in [6, 6.07) is 8.07. The third kappa shape index (κ3) is 5.63. The monoisotopic (exact) mass is 578 g/mol. The molecule has 0 aliphatic carbocycles. The number of carbonyl (C=O) groups excluding carboxylic acids is 4. The van der Waals surface area contributed by atoms with Crippen molar-refractivity contribution in [3.8, 4) is 16.9 Å². The van der Waals surface area contributed by atoms with Gasteiger partial charge in [-0.05, 0) is 58.2 Å². The SMILES string of the molecule is CCC(C)C(N)C(=O)OCOC(=O)N(C[C@@H]1OC(=O)N2c3ccc(-c4ccc(-n5cnnn5)nc4)cc3C[C@@H]12)C(C)=O. The number of aromatic nitrogens is 5. The van der Waals surface area contributed by atoms with E-state index in [-0.39, 0.29) is 12.5 Å². The minimum Gasteiger partial charge on any atom is -0.442 e. The molecule has 2 aliphatic rings. The molecule has 0 saturated carbocycles. The van der Waals surface area contributed by atoms with Crippen molar-refractivity contribution >= 4 is 29.8 Å². The summed E-state index contributed by atoms with van der Waals surface area (Å²) in [5.74, 6) is -0.881. The minimum absolute atomic E-state index is 0.117. The maximum atomic E-state index is 12.8.